The normalized spacial score (nSPS) is 11.8. The van der Waals surface area contributed by atoms with Crippen molar-refractivity contribution in [3.63, 3.8) is 0 Å². The van der Waals surface area contributed by atoms with Crippen molar-refractivity contribution in [2.24, 2.45) is 0 Å². The molecule has 0 fully saturated rings. The quantitative estimate of drug-likeness (QED) is 0.400. The summed E-state index contributed by atoms with van der Waals surface area (Å²) in [7, 11) is 0. The van der Waals surface area contributed by atoms with Gasteiger partial charge in [-0.15, -0.1) is 0 Å². The number of carboxylic acids is 2. The second-order valence-corrected chi connectivity index (χ2v) is 6.67. The second kappa shape index (κ2) is 9.65. The molecule has 4 N–H and O–H groups in total. The molecular formula is C21H20N4O6. The summed E-state index contributed by atoms with van der Waals surface area (Å²) in [6.45, 7) is -0.299. The lowest BCUT2D eigenvalue weighted by atomic mass is 10.0. The van der Waals surface area contributed by atoms with Gasteiger partial charge in [0.05, 0.1) is 6.54 Å². The number of nitrogens with one attached hydrogen (secondary N) is 1. The number of amides is 1. The molecule has 0 saturated carbocycles. The standard InChI is InChI=1S/C21H20N4O6/c26-18(20(29)30)13-24(23-21(31)25-11-10-17(22-25)19(27)28)12-14-6-8-16(9-7-14)15-4-2-1-3-5-15/h1-11,18,26H,12-13H2,(H,23,31)(H,27,28)(H,29,30)/t18-/m0/s1. The van der Waals surface area contributed by atoms with Crippen molar-refractivity contribution < 1.29 is 29.7 Å². The molecule has 10 heteroatoms. The molecule has 1 aromatic heterocycles. The monoisotopic (exact) mass is 424 g/mol. The molecule has 0 bridgehead atoms. The van der Waals surface area contributed by atoms with Crippen molar-refractivity contribution in [2.45, 2.75) is 12.6 Å². The van der Waals surface area contributed by atoms with Crippen molar-refractivity contribution in [3.05, 3.63) is 78.1 Å². The zero-order valence-corrected chi connectivity index (χ0v) is 16.3. The van der Waals surface area contributed by atoms with Crippen LogP contribution in [0.2, 0.25) is 0 Å². The van der Waals surface area contributed by atoms with Crippen molar-refractivity contribution in [1.29, 1.82) is 0 Å². The fourth-order valence-corrected chi connectivity index (χ4v) is 2.83. The van der Waals surface area contributed by atoms with Gasteiger partial charge in [-0.3, -0.25) is 5.43 Å². The smallest absolute Gasteiger partial charge is 0.356 e. The maximum atomic E-state index is 12.4. The van der Waals surface area contributed by atoms with Gasteiger partial charge in [0.2, 0.25) is 0 Å². The topological polar surface area (TPSA) is 145 Å². The van der Waals surface area contributed by atoms with E-state index in [-0.39, 0.29) is 12.2 Å². The minimum Gasteiger partial charge on any atom is -0.479 e. The Bertz CT molecular complexity index is 1060. The van der Waals surface area contributed by atoms with Crippen LogP contribution >= 0.6 is 0 Å². The summed E-state index contributed by atoms with van der Waals surface area (Å²) >= 11 is 0. The Kier molecular flexibility index (Phi) is 6.75. The summed E-state index contributed by atoms with van der Waals surface area (Å²) in [5.74, 6) is -2.73. The van der Waals surface area contributed by atoms with E-state index in [4.69, 9.17) is 10.2 Å². The molecular weight excluding hydrogens is 404 g/mol. The Labute approximate surface area is 176 Å². The minimum atomic E-state index is -1.74. The van der Waals surface area contributed by atoms with Crippen molar-refractivity contribution >= 4 is 18.0 Å². The Balaban J connectivity index is 1.74. The van der Waals surface area contributed by atoms with Crippen molar-refractivity contribution in [1.82, 2.24) is 20.2 Å². The summed E-state index contributed by atoms with van der Waals surface area (Å²) in [6, 6.07) is 17.5. The number of rotatable bonds is 8. The summed E-state index contributed by atoms with van der Waals surface area (Å²) in [5.41, 5.74) is 4.91. The molecule has 3 aromatic rings. The van der Waals surface area contributed by atoms with E-state index in [1.54, 1.807) is 0 Å². The number of aromatic nitrogens is 2. The molecule has 1 heterocycles. The molecule has 1 amide bonds. The molecule has 1 atom stereocenters. The molecule has 3 rings (SSSR count). The molecule has 31 heavy (non-hydrogen) atoms. The van der Waals surface area contributed by atoms with E-state index in [1.165, 1.54) is 11.2 Å². The number of carboxylic acid groups (broad SMARTS) is 2. The third-order valence-corrected chi connectivity index (χ3v) is 4.38. The van der Waals surface area contributed by atoms with E-state index >= 15 is 0 Å². The Hall–Kier alpha value is -4.02. The number of benzene rings is 2. The number of aromatic carboxylic acids is 1. The van der Waals surface area contributed by atoms with E-state index in [0.29, 0.717) is 0 Å². The van der Waals surface area contributed by atoms with Crippen LogP contribution in [0.4, 0.5) is 4.79 Å². The van der Waals surface area contributed by atoms with E-state index in [2.05, 4.69) is 10.5 Å². The van der Waals surface area contributed by atoms with Crippen LogP contribution in [0.5, 0.6) is 0 Å². The largest absolute Gasteiger partial charge is 0.479 e. The van der Waals surface area contributed by atoms with Gasteiger partial charge in [0.1, 0.15) is 0 Å². The highest BCUT2D eigenvalue weighted by atomic mass is 16.4. The van der Waals surface area contributed by atoms with E-state index in [1.807, 2.05) is 54.6 Å². The molecule has 0 aliphatic rings. The zero-order valence-electron chi connectivity index (χ0n) is 16.3. The van der Waals surface area contributed by atoms with Crippen LogP contribution in [0, 0.1) is 0 Å². The number of hydrogen-bond acceptors (Lipinski definition) is 6. The highest BCUT2D eigenvalue weighted by Crippen LogP contribution is 2.19. The Morgan fingerprint density at radius 1 is 0.968 bits per heavy atom. The third-order valence-electron chi connectivity index (χ3n) is 4.38. The molecule has 0 radical (unpaired) electrons. The van der Waals surface area contributed by atoms with Gasteiger partial charge in [-0.2, -0.15) is 9.78 Å². The average molecular weight is 424 g/mol. The molecule has 0 spiro atoms. The molecule has 2 aromatic carbocycles. The first kappa shape index (κ1) is 21.7. The van der Waals surface area contributed by atoms with Gasteiger partial charge in [0, 0.05) is 12.7 Å². The van der Waals surface area contributed by atoms with Gasteiger partial charge >= 0.3 is 18.0 Å². The van der Waals surface area contributed by atoms with Gasteiger partial charge in [-0.05, 0) is 22.8 Å². The first-order valence-electron chi connectivity index (χ1n) is 9.23. The number of aliphatic hydroxyl groups is 1. The highest BCUT2D eigenvalue weighted by molar-refractivity contribution is 5.86. The highest BCUT2D eigenvalue weighted by Gasteiger charge is 2.21. The molecule has 0 unspecified atom stereocenters. The molecule has 10 nitrogen and oxygen atoms in total. The third kappa shape index (κ3) is 5.75. The van der Waals surface area contributed by atoms with Crippen LogP contribution < -0.4 is 5.43 Å². The van der Waals surface area contributed by atoms with Crippen molar-refractivity contribution in [2.75, 3.05) is 6.54 Å². The second-order valence-electron chi connectivity index (χ2n) is 6.67. The molecule has 160 valence electrons. The number of nitrogens with zero attached hydrogens (tertiary/aromatic N) is 3. The van der Waals surface area contributed by atoms with Gasteiger partial charge in [0.15, 0.2) is 11.8 Å². The first-order chi connectivity index (χ1) is 14.8. The fourth-order valence-electron chi connectivity index (χ4n) is 2.83. The number of carbonyl (C=O) groups excluding carboxylic acids is 1. The predicted molar refractivity (Wildman–Crippen MR) is 109 cm³/mol. The maximum absolute atomic E-state index is 12.4. The fraction of sp³-hybridized carbons (Fsp3) is 0.143. The lowest BCUT2D eigenvalue weighted by Gasteiger charge is -2.24. The predicted octanol–water partition coefficient (Wildman–Crippen LogP) is 1.67. The minimum absolute atomic E-state index is 0.0954. The Morgan fingerprint density at radius 2 is 1.61 bits per heavy atom. The number of aliphatic hydroxyl groups excluding tert-OH is 1. The van der Waals surface area contributed by atoms with Crippen LogP contribution in [-0.4, -0.2) is 60.7 Å². The average Bonchev–Trinajstić information content (AvgIpc) is 3.25. The zero-order chi connectivity index (χ0) is 22.4. The van der Waals surface area contributed by atoms with Crippen LogP contribution in [0.1, 0.15) is 16.1 Å². The van der Waals surface area contributed by atoms with Crippen LogP contribution in [0.3, 0.4) is 0 Å². The number of aliphatic carboxylic acids is 1. The van der Waals surface area contributed by atoms with E-state index in [9.17, 15) is 19.5 Å². The first-order valence-corrected chi connectivity index (χ1v) is 9.23. The SMILES string of the molecule is O=C(O)c1ccn(C(=O)NN(Cc2ccc(-c3ccccc3)cc2)C[C@H](O)C(=O)O)n1. The molecule has 0 aliphatic heterocycles. The van der Waals surface area contributed by atoms with E-state index in [0.717, 1.165) is 27.4 Å². The van der Waals surface area contributed by atoms with Crippen LogP contribution in [-0.2, 0) is 11.3 Å². The number of hydrazine groups is 1. The van der Waals surface area contributed by atoms with Gasteiger partial charge < -0.3 is 15.3 Å². The maximum Gasteiger partial charge on any atom is 0.356 e. The molecule has 0 aliphatic carbocycles. The summed E-state index contributed by atoms with van der Waals surface area (Å²) in [6.07, 6.45) is -0.574. The lowest BCUT2D eigenvalue weighted by Crippen LogP contribution is -2.48. The van der Waals surface area contributed by atoms with Gasteiger partial charge in [0.25, 0.3) is 0 Å². The van der Waals surface area contributed by atoms with Crippen LogP contribution in [0.25, 0.3) is 11.1 Å². The Morgan fingerprint density at radius 3 is 2.19 bits per heavy atom. The number of carbonyl (C=O) groups is 3. The van der Waals surface area contributed by atoms with E-state index < -0.39 is 30.6 Å². The lowest BCUT2D eigenvalue weighted by molar-refractivity contribution is -0.148. The van der Waals surface area contributed by atoms with Gasteiger partial charge in [-0.1, -0.05) is 54.6 Å². The van der Waals surface area contributed by atoms with Gasteiger partial charge in [-0.25, -0.2) is 19.4 Å². The summed E-state index contributed by atoms with van der Waals surface area (Å²) in [5, 5.41) is 32.5. The van der Waals surface area contributed by atoms with Crippen LogP contribution in [0.15, 0.2) is 66.9 Å². The number of hydrogen-bond donors (Lipinski definition) is 4. The summed E-state index contributed by atoms with van der Waals surface area (Å²) in [4.78, 5) is 34.4. The molecule has 0 saturated heterocycles. The summed E-state index contributed by atoms with van der Waals surface area (Å²) < 4.78 is 0.780. The van der Waals surface area contributed by atoms with Crippen molar-refractivity contribution in [3.8, 4) is 11.1 Å².